The molecule has 0 amide bonds. The van der Waals surface area contributed by atoms with E-state index < -0.39 is 0 Å². The molecular formula is C11H12BrN3. The topological polar surface area (TPSA) is 54.7 Å². The first-order chi connectivity index (χ1) is 7.16. The Morgan fingerprint density at radius 2 is 2.27 bits per heavy atom. The normalized spacial score (nSPS) is 12.7. The van der Waals surface area contributed by atoms with E-state index in [9.17, 15) is 0 Å². The lowest BCUT2D eigenvalue weighted by Gasteiger charge is -1.98. The highest BCUT2D eigenvalue weighted by Crippen LogP contribution is 2.22. The molecule has 0 fully saturated rings. The van der Waals surface area contributed by atoms with Crippen molar-refractivity contribution in [2.24, 2.45) is 5.73 Å². The predicted molar refractivity (Wildman–Crippen MR) is 64.3 cm³/mol. The maximum absolute atomic E-state index is 5.73. The van der Waals surface area contributed by atoms with Crippen LogP contribution in [-0.2, 0) is 0 Å². The lowest BCUT2D eigenvalue weighted by molar-refractivity contribution is 0.756. The molecule has 3 N–H and O–H groups in total. The minimum Gasteiger partial charge on any atom is -0.347 e. The Balaban J connectivity index is 2.37. The first kappa shape index (κ1) is 10.4. The van der Waals surface area contributed by atoms with E-state index in [4.69, 9.17) is 5.73 Å². The summed E-state index contributed by atoms with van der Waals surface area (Å²) in [6.45, 7) is 1.91. The molecule has 1 unspecified atom stereocenters. The fraction of sp³-hybridized carbons (Fsp3) is 0.182. The second-order valence-electron chi connectivity index (χ2n) is 3.47. The van der Waals surface area contributed by atoms with Crippen LogP contribution in [0.15, 0.2) is 34.9 Å². The summed E-state index contributed by atoms with van der Waals surface area (Å²) in [5.74, 6) is 0.810. The van der Waals surface area contributed by atoms with Gasteiger partial charge in [0.1, 0.15) is 5.82 Å². The third-order valence-electron chi connectivity index (χ3n) is 2.15. The number of aromatic amines is 1. The van der Waals surface area contributed by atoms with Crippen LogP contribution in [0.1, 0.15) is 18.8 Å². The van der Waals surface area contributed by atoms with Crippen LogP contribution in [0.2, 0.25) is 0 Å². The zero-order valence-corrected chi connectivity index (χ0v) is 9.95. The Morgan fingerprint density at radius 1 is 1.47 bits per heavy atom. The monoisotopic (exact) mass is 265 g/mol. The van der Waals surface area contributed by atoms with Gasteiger partial charge in [-0.3, -0.25) is 0 Å². The van der Waals surface area contributed by atoms with Gasteiger partial charge >= 0.3 is 0 Å². The molecule has 78 valence electrons. The summed E-state index contributed by atoms with van der Waals surface area (Å²) in [5, 5.41) is 0. The van der Waals surface area contributed by atoms with Crippen molar-refractivity contribution in [2.45, 2.75) is 13.0 Å². The van der Waals surface area contributed by atoms with Gasteiger partial charge in [-0.15, -0.1) is 0 Å². The highest BCUT2D eigenvalue weighted by Gasteiger charge is 2.06. The Morgan fingerprint density at radius 3 is 2.87 bits per heavy atom. The third-order valence-corrected chi connectivity index (χ3v) is 2.64. The van der Waals surface area contributed by atoms with Crippen molar-refractivity contribution in [3.8, 4) is 11.3 Å². The van der Waals surface area contributed by atoms with Gasteiger partial charge in [0, 0.05) is 16.2 Å². The van der Waals surface area contributed by atoms with Gasteiger partial charge < -0.3 is 10.7 Å². The fourth-order valence-corrected chi connectivity index (χ4v) is 1.76. The number of nitrogens with two attached hydrogens (primary N) is 1. The molecule has 0 saturated heterocycles. The van der Waals surface area contributed by atoms with E-state index in [1.54, 1.807) is 0 Å². The summed E-state index contributed by atoms with van der Waals surface area (Å²) < 4.78 is 1.05. The molecule has 0 spiro atoms. The van der Waals surface area contributed by atoms with Gasteiger partial charge in [0.25, 0.3) is 0 Å². The average Bonchev–Trinajstić information content (AvgIpc) is 2.66. The van der Waals surface area contributed by atoms with Crippen LogP contribution in [-0.4, -0.2) is 9.97 Å². The van der Waals surface area contributed by atoms with Crippen molar-refractivity contribution in [1.29, 1.82) is 0 Å². The predicted octanol–water partition coefficient (Wildman–Crippen LogP) is 2.86. The summed E-state index contributed by atoms with van der Waals surface area (Å²) >= 11 is 3.43. The molecule has 2 aromatic rings. The van der Waals surface area contributed by atoms with Crippen LogP contribution in [0.4, 0.5) is 0 Å². The first-order valence-electron chi connectivity index (χ1n) is 4.73. The maximum atomic E-state index is 5.73. The smallest absolute Gasteiger partial charge is 0.123 e. The van der Waals surface area contributed by atoms with Gasteiger partial charge in [-0.25, -0.2) is 4.98 Å². The highest BCUT2D eigenvalue weighted by molar-refractivity contribution is 9.10. The maximum Gasteiger partial charge on any atom is 0.123 e. The number of halogens is 1. The lowest BCUT2D eigenvalue weighted by atomic mass is 10.2. The largest absolute Gasteiger partial charge is 0.347 e. The van der Waals surface area contributed by atoms with Gasteiger partial charge in [0.2, 0.25) is 0 Å². The minimum atomic E-state index is -0.0640. The Hall–Kier alpha value is -1.13. The third kappa shape index (κ3) is 2.27. The summed E-state index contributed by atoms with van der Waals surface area (Å²) in [6, 6.07) is 7.96. The van der Waals surface area contributed by atoms with E-state index in [1.807, 2.05) is 37.4 Å². The highest BCUT2D eigenvalue weighted by atomic mass is 79.9. The van der Waals surface area contributed by atoms with Crippen LogP contribution in [0.3, 0.4) is 0 Å². The molecule has 1 aromatic carbocycles. The number of imidazole rings is 1. The Bertz CT molecular complexity index is 462. The number of benzene rings is 1. The van der Waals surface area contributed by atoms with Crippen LogP contribution in [0.5, 0.6) is 0 Å². The van der Waals surface area contributed by atoms with Crippen molar-refractivity contribution in [3.05, 3.63) is 40.8 Å². The second kappa shape index (κ2) is 4.16. The fourth-order valence-electron chi connectivity index (χ4n) is 1.37. The SMILES string of the molecule is CC(N)c1nc(-c2cccc(Br)c2)c[nH]1. The lowest BCUT2D eigenvalue weighted by Crippen LogP contribution is -2.06. The van der Waals surface area contributed by atoms with Crippen molar-refractivity contribution >= 4 is 15.9 Å². The molecule has 0 bridgehead atoms. The van der Waals surface area contributed by atoms with Crippen LogP contribution in [0, 0.1) is 0 Å². The number of hydrogen-bond donors (Lipinski definition) is 2. The molecule has 4 heteroatoms. The zero-order chi connectivity index (χ0) is 10.8. The van der Waals surface area contributed by atoms with Crippen molar-refractivity contribution in [3.63, 3.8) is 0 Å². The number of rotatable bonds is 2. The van der Waals surface area contributed by atoms with E-state index in [1.165, 1.54) is 0 Å². The van der Waals surface area contributed by atoms with Gasteiger partial charge in [0.05, 0.1) is 11.7 Å². The van der Waals surface area contributed by atoms with Gasteiger partial charge in [-0.1, -0.05) is 28.1 Å². The van der Waals surface area contributed by atoms with Gasteiger partial charge in [-0.05, 0) is 19.1 Å². The molecule has 0 aliphatic carbocycles. The molecule has 1 heterocycles. The van der Waals surface area contributed by atoms with Crippen LogP contribution in [0.25, 0.3) is 11.3 Å². The second-order valence-corrected chi connectivity index (χ2v) is 4.39. The molecule has 0 radical (unpaired) electrons. The molecule has 2 rings (SSSR count). The van der Waals surface area contributed by atoms with Gasteiger partial charge in [-0.2, -0.15) is 0 Å². The zero-order valence-electron chi connectivity index (χ0n) is 8.37. The summed E-state index contributed by atoms with van der Waals surface area (Å²) in [6.07, 6.45) is 1.88. The van der Waals surface area contributed by atoms with Gasteiger partial charge in [0.15, 0.2) is 0 Å². The first-order valence-corrected chi connectivity index (χ1v) is 5.53. The molecule has 1 aromatic heterocycles. The summed E-state index contributed by atoms with van der Waals surface area (Å²) in [5.41, 5.74) is 7.73. The molecular weight excluding hydrogens is 254 g/mol. The van der Waals surface area contributed by atoms with E-state index in [0.717, 1.165) is 21.6 Å². The van der Waals surface area contributed by atoms with E-state index in [2.05, 4.69) is 25.9 Å². The Kier molecular flexibility index (Phi) is 2.88. The summed E-state index contributed by atoms with van der Waals surface area (Å²) in [4.78, 5) is 7.49. The number of nitrogens with one attached hydrogen (secondary N) is 1. The Labute approximate surface area is 96.9 Å². The number of hydrogen-bond acceptors (Lipinski definition) is 2. The van der Waals surface area contributed by atoms with Crippen molar-refractivity contribution < 1.29 is 0 Å². The molecule has 0 aliphatic rings. The average molecular weight is 266 g/mol. The molecule has 15 heavy (non-hydrogen) atoms. The van der Waals surface area contributed by atoms with E-state index in [0.29, 0.717) is 0 Å². The summed E-state index contributed by atoms with van der Waals surface area (Å²) in [7, 11) is 0. The van der Waals surface area contributed by atoms with Crippen LogP contribution < -0.4 is 5.73 Å². The molecule has 1 atom stereocenters. The van der Waals surface area contributed by atoms with Crippen molar-refractivity contribution in [2.75, 3.05) is 0 Å². The van der Waals surface area contributed by atoms with Crippen LogP contribution >= 0.6 is 15.9 Å². The molecule has 0 aliphatic heterocycles. The van der Waals surface area contributed by atoms with E-state index >= 15 is 0 Å². The van der Waals surface area contributed by atoms with E-state index in [-0.39, 0.29) is 6.04 Å². The molecule has 0 saturated carbocycles. The standard InChI is InChI=1S/C11H12BrN3/c1-7(13)11-14-6-10(15-11)8-3-2-4-9(12)5-8/h2-7H,13H2,1H3,(H,14,15). The molecule has 3 nitrogen and oxygen atoms in total. The van der Waals surface area contributed by atoms with Crippen molar-refractivity contribution in [1.82, 2.24) is 9.97 Å². The quantitative estimate of drug-likeness (QED) is 0.878. The number of H-pyrrole nitrogens is 1. The number of nitrogens with zero attached hydrogens (tertiary/aromatic N) is 1. The minimum absolute atomic E-state index is 0.0640. The number of aromatic nitrogens is 2.